The van der Waals surface area contributed by atoms with Gasteiger partial charge in [-0.25, -0.2) is 4.98 Å². The summed E-state index contributed by atoms with van der Waals surface area (Å²) in [5, 5.41) is 5.78. The van der Waals surface area contributed by atoms with Crippen molar-refractivity contribution in [2.45, 2.75) is 6.92 Å². The van der Waals surface area contributed by atoms with Crippen LogP contribution in [0.5, 0.6) is 5.75 Å². The molecule has 2 heterocycles. The van der Waals surface area contributed by atoms with E-state index in [1.807, 2.05) is 48.7 Å². The van der Waals surface area contributed by atoms with Gasteiger partial charge in [0.05, 0.1) is 17.2 Å². The molecule has 5 nitrogen and oxygen atoms in total. The van der Waals surface area contributed by atoms with Gasteiger partial charge in [0.15, 0.2) is 0 Å². The summed E-state index contributed by atoms with van der Waals surface area (Å²) >= 11 is 3.03. The number of amides is 1. The Labute approximate surface area is 154 Å². The van der Waals surface area contributed by atoms with E-state index >= 15 is 0 Å². The molecule has 3 rings (SSSR count). The number of nitrogens with zero attached hydrogens (tertiary/aromatic N) is 1. The lowest BCUT2D eigenvalue weighted by Crippen LogP contribution is -2.11. The number of nitrogens with one attached hydrogen (secondary N) is 1. The molecular weight excluding hydrogens is 356 g/mol. The molecule has 1 N–H and O–H groups in total. The number of thiophene rings is 1. The van der Waals surface area contributed by atoms with Crippen molar-refractivity contribution in [1.82, 2.24) is 4.98 Å². The topological polar surface area (TPSA) is 60.5 Å². The lowest BCUT2D eigenvalue weighted by atomic mass is 10.3. The highest BCUT2D eigenvalue weighted by atomic mass is 32.1. The van der Waals surface area contributed by atoms with Crippen molar-refractivity contribution in [3.63, 3.8) is 0 Å². The fourth-order valence-electron chi connectivity index (χ4n) is 2.18. The maximum atomic E-state index is 12.5. The maximum absolute atomic E-state index is 12.5. The van der Waals surface area contributed by atoms with E-state index in [1.165, 1.54) is 11.3 Å². The second-order valence-electron chi connectivity index (χ2n) is 5.23. The Morgan fingerprint density at radius 1 is 1.20 bits per heavy atom. The second kappa shape index (κ2) is 8.24. The summed E-state index contributed by atoms with van der Waals surface area (Å²) in [5.41, 5.74) is 1.46. The molecule has 3 aromatic rings. The molecule has 1 amide bonds. The van der Waals surface area contributed by atoms with Crippen LogP contribution in [-0.2, 0) is 4.74 Å². The third-order valence-electron chi connectivity index (χ3n) is 3.40. The van der Waals surface area contributed by atoms with Crippen molar-refractivity contribution >= 4 is 34.3 Å². The molecule has 1 aromatic carbocycles. The number of aromatic nitrogens is 1. The summed E-state index contributed by atoms with van der Waals surface area (Å²) < 4.78 is 10.5. The molecule has 0 unspecified atom stereocenters. The average molecular weight is 374 g/mol. The quantitative estimate of drug-likeness (QED) is 0.621. The van der Waals surface area contributed by atoms with Gasteiger partial charge in [0.25, 0.3) is 5.91 Å². The lowest BCUT2D eigenvalue weighted by Gasteiger charge is -2.07. The van der Waals surface area contributed by atoms with Gasteiger partial charge in [-0.2, -0.15) is 0 Å². The smallest absolute Gasteiger partial charge is 0.267 e. The fraction of sp³-hybridized carbons (Fsp3) is 0.222. The standard InChI is InChI=1S/C18H18N2O3S2/c1-12-16(25-18(19-12)15-4-3-11-24-15)17(21)20-13-5-7-14(8-6-13)23-10-9-22-2/h3-8,11H,9-10H2,1-2H3,(H,20,21). The van der Waals surface area contributed by atoms with Gasteiger partial charge in [0.2, 0.25) is 0 Å². The first-order chi connectivity index (χ1) is 12.2. The van der Waals surface area contributed by atoms with Crippen molar-refractivity contribution in [3.05, 3.63) is 52.3 Å². The number of hydrogen-bond acceptors (Lipinski definition) is 6. The van der Waals surface area contributed by atoms with E-state index in [2.05, 4.69) is 10.3 Å². The number of aryl methyl sites for hydroxylation is 1. The van der Waals surface area contributed by atoms with Crippen LogP contribution >= 0.6 is 22.7 Å². The Morgan fingerprint density at radius 3 is 2.68 bits per heavy atom. The highest BCUT2D eigenvalue weighted by Gasteiger charge is 2.16. The van der Waals surface area contributed by atoms with Crippen LogP contribution in [0.15, 0.2) is 41.8 Å². The molecule has 0 saturated carbocycles. The van der Waals surface area contributed by atoms with Crippen LogP contribution in [0, 0.1) is 6.92 Å². The first kappa shape index (κ1) is 17.6. The molecule has 25 heavy (non-hydrogen) atoms. The number of benzene rings is 1. The molecule has 0 fully saturated rings. The van der Waals surface area contributed by atoms with Crippen molar-refractivity contribution in [2.24, 2.45) is 0 Å². The Balaban J connectivity index is 1.66. The van der Waals surface area contributed by atoms with Gasteiger partial charge in [-0.3, -0.25) is 4.79 Å². The molecule has 0 radical (unpaired) electrons. The third-order valence-corrected chi connectivity index (χ3v) is 5.60. The number of thiazole rings is 1. The van der Waals surface area contributed by atoms with Gasteiger partial charge in [0, 0.05) is 12.8 Å². The lowest BCUT2D eigenvalue weighted by molar-refractivity contribution is 0.103. The summed E-state index contributed by atoms with van der Waals surface area (Å²) in [7, 11) is 1.63. The van der Waals surface area contributed by atoms with Gasteiger partial charge >= 0.3 is 0 Å². The van der Waals surface area contributed by atoms with E-state index < -0.39 is 0 Å². The zero-order valence-electron chi connectivity index (χ0n) is 13.9. The highest BCUT2D eigenvalue weighted by Crippen LogP contribution is 2.31. The minimum atomic E-state index is -0.147. The predicted molar refractivity (Wildman–Crippen MR) is 102 cm³/mol. The van der Waals surface area contributed by atoms with E-state index in [1.54, 1.807) is 18.4 Å². The third kappa shape index (κ3) is 4.45. The van der Waals surface area contributed by atoms with Crippen LogP contribution in [0.1, 0.15) is 15.4 Å². The maximum Gasteiger partial charge on any atom is 0.267 e. The summed E-state index contributed by atoms with van der Waals surface area (Å²) in [5.74, 6) is 0.592. The van der Waals surface area contributed by atoms with Crippen molar-refractivity contribution in [1.29, 1.82) is 0 Å². The molecule has 0 aliphatic heterocycles. The Morgan fingerprint density at radius 2 is 2.00 bits per heavy atom. The first-order valence-corrected chi connectivity index (χ1v) is 9.41. The van der Waals surface area contributed by atoms with Crippen molar-refractivity contribution in [2.75, 3.05) is 25.6 Å². The summed E-state index contributed by atoms with van der Waals surface area (Å²) in [6.45, 7) is 2.89. The Kier molecular flexibility index (Phi) is 5.80. The Bertz CT molecular complexity index is 827. The second-order valence-corrected chi connectivity index (χ2v) is 7.18. The number of hydrogen-bond donors (Lipinski definition) is 1. The van der Waals surface area contributed by atoms with Gasteiger partial charge < -0.3 is 14.8 Å². The molecule has 0 aliphatic carbocycles. The molecule has 130 valence electrons. The Hall–Kier alpha value is -2.22. The van der Waals surface area contributed by atoms with Gasteiger partial charge in [0.1, 0.15) is 22.2 Å². The molecule has 0 bridgehead atoms. The molecule has 2 aromatic heterocycles. The SMILES string of the molecule is COCCOc1ccc(NC(=O)c2sc(-c3cccs3)nc2C)cc1. The zero-order valence-corrected chi connectivity index (χ0v) is 15.6. The van der Waals surface area contributed by atoms with Gasteiger partial charge in [-0.05, 0) is 42.6 Å². The van der Waals surface area contributed by atoms with Crippen molar-refractivity contribution < 1.29 is 14.3 Å². The molecule has 0 spiro atoms. The summed E-state index contributed by atoms with van der Waals surface area (Å²) in [6, 6.07) is 11.3. The minimum Gasteiger partial charge on any atom is -0.491 e. The molecule has 0 atom stereocenters. The van der Waals surface area contributed by atoms with E-state index in [-0.39, 0.29) is 5.91 Å². The van der Waals surface area contributed by atoms with Crippen LogP contribution in [-0.4, -0.2) is 31.2 Å². The number of ether oxygens (including phenoxy) is 2. The van der Waals surface area contributed by atoms with Gasteiger partial charge in [-0.1, -0.05) is 6.07 Å². The zero-order chi connectivity index (χ0) is 17.6. The van der Waals surface area contributed by atoms with Crippen LogP contribution in [0.4, 0.5) is 5.69 Å². The summed E-state index contributed by atoms with van der Waals surface area (Å²) in [6.07, 6.45) is 0. The largest absolute Gasteiger partial charge is 0.491 e. The average Bonchev–Trinajstić information content (AvgIpc) is 3.26. The van der Waals surface area contributed by atoms with E-state index in [0.29, 0.717) is 18.1 Å². The number of carbonyl (C=O) groups excluding carboxylic acids is 1. The first-order valence-electron chi connectivity index (χ1n) is 7.72. The molecular formula is C18H18N2O3S2. The van der Waals surface area contributed by atoms with E-state index in [9.17, 15) is 4.79 Å². The summed E-state index contributed by atoms with van der Waals surface area (Å²) in [4.78, 5) is 18.7. The van der Waals surface area contributed by atoms with Crippen LogP contribution < -0.4 is 10.1 Å². The number of methoxy groups -OCH3 is 1. The minimum absolute atomic E-state index is 0.147. The van der Waals surface area contributed by atoms with Crippen LogP contribution in [0.2, 0.25) is 0 Å². The fourth-order valence-corrected chi connectivity index (χ4v) is 3.94. The molecule has 0 aliphatic rings. The highest BCUT2D eigenvalue weighted by molar-refractivity contribution is 7.22. The predicted octanol–water partition coefficient (Wildman–Crippen LogP) is 4.46. The number of carbonyl (C=O) groups is 1. The molecule has 0 saturated heterocycles. The van der Waals surface area contributed by atoms with E-state index in [4.69, 9.17) is 9.47 Å². The monoisotopic (exact) mass is 374 g/mol. The number of anilines is 1. The molecule has 7 heteroatoms. The number of rotatable bonds is 7. The van der Waals surface area contributed by atoms with Gasteiger partial charge in [-0.15, -0.1) is 22.7 Å². The van der Waals surface area contributed by atoms with Crippen LogP contribution in [0.3, 0.4) is 0 Å². The van der Waals surface area contributed by atoms with Crippen LogP contribution in [0.25, 0.3) is 9.88 Å². The normalized spacial score (nSPS) is 10.6. The van der Waals surface area contributed by atoms with E-state index in [0.717, 1.165) is 27.0 Å². The van der Waals surface area contributed by atoms with Crippen molar-refractivity contribution in [3.8, 4) is 15.6 Å².